The fourth-order valence-corrected chi connectivity index (χ4v) is 3.04. The minimum Gasteiger partial charge on any atom is -0.481 e. The van der Waals surface area contributed by atoms with E-state index in [-0.39, 0.29) is 12.8 Å². The van der Waals surface area contributed by atoms with Gasteiger partial charge in [0, 0.05) is 6.42 Å². The number of hydrogen-bond acceptors (Lipinski definition) is 7. The second kappa shape index (κ2) is 14.6. The first kappa shape index (κ1) is 28.5. The van der Waals surface area contributed by atoms with Crippen LogP contribution in [0.5, 0.6) is 0 Å². The molecule has 9 N–H and O–H groups in total. The Bertz CT molecular complexity index is 847. The summed E-state index contributed by atoms with van der Waals surface area (Å²) in [6.45, 7) is 1.75. The van der Waals surface area contributed by atoms with Crippen molar-refractivity contribution in [3.8, 4) is 0 Å². The van der Waals surface area contributed by atoms with Crippen molar-refractivity contribution in [3.05, 3.63) is 35.9 Å². The number of nitrogens with one attached hydrogen (secondary N) is 3. The largest absolute Gasteiger partial charge is 0.481 e. The number of nitrogens with two attached hydrogens (primary N) is 2. The maximum Gasteiger partial charge on any atom is 0.326 e. The molecule has 0 fully saturated rings. The van der Waals surface area contributed by atoms with Gasteiger partial charge in [0.25, 0.3) is 0 Å². The van der Waals surface area contributed by atoms with Crippen LogP contribution in [0.3, 0.4) is 0 Å². The molecule has 3 amide bonds. The van der Waals surface area contributed by atoms with Gasteiger partial charge in [-0.25, -0.2) is 4.79 Å². The second-order valence-electron chi connectivity index (χ2n) is 7.88. The molecule has 188 valence electrons. The molecule has 0 spiro atoms. The Labute approximate surface area is 197 Å². The number of carbonyl (C=O) groups is 5. The summed E-state index contributed by atoms with van der Waals surface area (Å²) in [5.74, 6) is -4.99. The summed E-state index contributed by atoms with van der Waals surface area (Å²) in [6.07, 6.45) is 0.485. The molecule has 0 bridgehead atoms. The summed E-state index contributed by atoms with van der Waals surface area (Å²) in [5.41, 5.74) is 11.6. The van der Waals surface area contributed by atoms with Crippen LogP contribution in [0.2, 0.25) is 0 Å². The summed E-state index contributed by atoms with van der Waals surface area (Å²) in [7, 11) is 0. The molecule has 0 radical (unpaired) electrons. The van der Waals surface area contributed by atoms with Gasteiger partial charge in [-0.2, -0.15) is 0 Å². The van der Waals surface area contributed by atoms with Crippen LogP contribution >= 0.6 is 0 Å². The van der Waals surface area contributed by atoms with E-state index >= 15 is 0 Å². The van der Waals surface area contributed by atoms with E-state index in [1.807, 2.05) is 0 Å². The fourth-order valence-electron chi connectivity index (χ4n) is 3.04. The summed E-state index contributed by atoms with van der Waals surface area (Å²) >= 11 is 0. The van der Waals surface area contributed by atoms with Crippen LogP contribution in [-0.2, 0) is 30.4 Å². The average molecular weight is 480 g/mol. The monoisotopic (exact) mass is 479 g/mol. The van der Waals surface area contributed by atoms with Crippen molar-refractivity contribution < 1.29 is 34.2 Å². The van der Waals surface area contributed by atoms with Crippen molar-refractivity contribution in [3.63, 3.8) is 0 Å². The Morgan fingerprint density at radius 3 is 1.94 bits per heavy atom. The summed E-state index contributed by atoms with van der Waals surface area (Å²) in [6, 6.07) is 3.77. The maximum absolute atomic E-state index is 13.0. The number of carboxylic acid groups (broad SMARTS) is 2. The highest BCUT2D eigenvalue weighted by atomic mass is 16.4. The van der Waals surface area contributed by atoms with Crippen molar-refractivity contribution >= 4 is 29.7 Å². The lowest BCUT2D eigenvalue weighted by Gasteiger charge is -2.24. The van der Waals surface area contributed by atoms with E-state index in [0.717, 1.165) is 0 Å². The molecule has 0 aromatic heterocycles. The molecule has 34 heavy (non-hydrogen) atoms. The molecule has 0 aliphatic carbocycles. The highest BCUT2D eigenvalue weighted by Crippen LogP contribution is 2.07. The fraction of sp³-hybridized carbons (Fsp3) is 0.500. The molecule has 0 saturated carbocycles. The van der Waals surface area contributed by atoms with E-state index in [1.165, 1.54) is 6.92 Å². The third-order valence-electron chi connectivity index (χ3n) is 4.90. The number of hydrogen-bond donors (Lipinski definition) is 7. The summed E-state index contributed by atoms with van der Waals surface area (Å²) < 4.78 is 0. The highest BCUT2D eigenvalue weighted by molar-refractivity contribution is 5.95. The zero-order valence-corrected chi connectivity index (χ0v) is 19.0. The molecule has 0 heterocycles. The van der Waals surface area contributed by atoms with E-state index in [2.05, 4.69) is 16.0 Å². The Kier molecular flexibility index (Phi) is 12.2. The average Bonchev–Trinajstić information content (AvgIpc) is 2.77. The van der Waals surface area contributed by atoms with Crippen LogP contribution in [0, 0.1) is 0 Å². The van der Waals surface area contributed by atoms with Crippen LogP contribution in [0.25, 0.3) is 0 Å². The third kappa shape index (κ3) is 10.4. The minimum absolute atomic E-state index is 0.00851. The number of carbonyl (C=O) groups excluding carboxylic acids is 3. The third-order valence-corrected chi connectivity index (χ3v) is 4.90. The van der Waals surface area contributed by atoms with Gasteiger partial charge >= 0.3 is 11.9 Å². The van der Waals surface area contributed by atoms with Crippen molar-refractivity contribution in [1.82, 2.24) is 16.0 Å². The molecule has 1 aromatic rings. The van der Waals surface area contributed by atoms with E-state index in [4.69, 9.17) is 16.6 Å². The van der Waals surface area contributed by atoms with E-state index in [9.17, 15) is 29.1 Å². The standard InChI is InChI=1S/C22H33N5O7/c1-13(24)19(30)26-17(12-18(28)29)21(32)27-16(11-14-7-3-2-4-8-14)20(31)25-15(22(33)34)9-5-6-10-23/h2-4,7-8,13,15-17H,5-6,9-12,23-24H2,1H3,(H,25,31)(H,26,30)(H,27,32)(H,28,29)(H,33,34). The first-order chi connectivity index (χ1) is 16.0. The molecule has 0 saturated heterocycles. The van der Waals surface area contributed by atoms with Crippen molar-refractivity contribution in [2.75, 3.05) is 6.54 Å². The van der Waals surface area contributed by atoms with Gasteiger partial charge < -0.3 is 37.6 Å². The quantitative estimate of drug-likeness (QED) is 0.149. The van der Waals surface area contributed by atoms with Gasteiger partial charge in [0.05, 0.1) is 12.5 Å². The number of aliphatic carboxylic acids is 2. The lowest BCUT2D eigenvalue weighted by molar-refractivity contribution is -0.143. The van der Waals surface area contributed by atoms with Crippen LogP contribution in [0.4, 0.5) is 0 Å². The zero-order valence-electron chi connectivity index (χ0n) is 19.0. The molecule has 1 aromatic carbocycles. The van der Waals surface area contributed by atoms with Gasteiger partial charge in [0.15, 0.2) is 0 Å². The van der Waals surface area contributed by atoms with Gasteiger partial charge in [-0.1, -0.05) is 30.3 Å². The molecular weight excluding hydrogens is 446 g/mol. The van der Waals surface area contributed by atoms with Crippen LogP contribution in [0.15, 0.2) is 30.3 Å². The molecule has 0 aliphatic heterocycles. The smallest absolute Gasteiger partial charge is 0.326 e. The lowest BCUT2D eigenvalue weighted by Crippen LogP contribution is -2.57. The number of unbranched alkanes of at least 4 members (excludes halogenated alkanes) is 1. The Hall–Kier alpha value is -3.51. The van der Waals surface area contributed by atoms with Crippen LogP contribution in [0.1, 0.15) is 38.2 Å². The number of benzene rings is 1. The van der Waals surface area contributed by atoms with E-state index < -0.39 is 60.2 Å². The lowest BCUT2D eigenvalue weighted by atomic mass is 10.0. The highest BCUT2D eigenvalue weighted by Gasteiger charge is 2.31. The van der Waals surface area contributed by atoms with Crippen LogP contribution in [-0.4, -0.2) is 70.6 Å². The first-order valence-electron chi connectivity index (χ1n) is 10.9. The molecule has 0 aliphatic rings. The van der Waals surface area contributed by atoms with Crippen molar-refractivity contribution in [1.29, 1.82) is 0 Å². The molecule has 12 nitrogen and oxygen atoms in total. The van der Waals surface area contributed by atoms with Crippen molar-refractivity contribution in [2.24, 2.45) is 11.5 Å². The zero-order chi connectivity index (χ0) is 25.7. The topological polar surface area (TPSA) is 214 Å². The summed E-state index contributed by atoms with van der Waals surface area (Å²) in [4.78, 5) is 60.5. The van der Waals surface area contributed by atoms with E-state index in [0.29, 0.717) is 24.9 Å². The Balaban J connectivity index is 3.07. The van der Waals surface area contributed by atoms with Gasteiger partial charge in [-0.05, 0) is 38.3 Å². The second-order valence-corrected chi connectivity index (χ2v) is 7.88. The van der Waals surface area contributed by atoms with E-state index in [1.54, 1.807) is 30.3 Å². The maximum atomic E-state index is 13.0. The Morgan fingerprint density at radius 2 is 1.41 bits per heavy atom. The number of rotatable bonds is 15. The normalized spacial score (nSPS) is 14.2. The Morgan fingerprint density at radius 1 is 0.853 bits per heavy atom. The predicted octanol–water partition coefficient (Wildman–Crippen LogP) is -1.28. The SMILES string of the molecule is CC(N)C(=O)NC(CC(=O)O)C(=O)NC(Cc1ccccc1)C(=O)NC(CCCCN)C(=O)O. The molecule has 4 unspecified atom stereocenters. The number of carboxylic acids is 2. The van der Waals surface area contributed by atoms with Gasteiger partial charge in [-0.3, -0.25) is 19.2 Å². The van der Waals surface area contributed by atoms with Gasteiger partial charge in [0.2, 0.25) is 17.7 Å². The molecule has 12 heteroatoms. The molecule has 1 rings (SSSR count). The molecule has 4 atom stereocenters. The predicted molar refractivity (Wildman–Crippen MR) is 122 cm³/mol. The van der Waals surface area contributed by atoms with Crippen LogP contribution < -0.4 is 27.4 Å². The van der Waals surface area contributed by atoms with Gasteiger partial charge in [0.1, 0.15) is 18.1 Å². The summed E-state index contributed by atoms with van der Waals surface area (Å²) in [5, 5.41) is 25.7. The minimum atomic E-state index is -1.48. The first-order valence-corrected chi connectivity index (χ1v) is 10.9. The molecular formula is C22H33N5O7. The van der Waals surface area contributed by atoms with Gasteiger partial charge in [-0.15, -0.1) is 0 Å². The number of amides is 3. The van der Waals surface area contributed by atoms with Crippen molar-refractivity contribution in [2.45, 2.75) is 63.2 Å².